The first-order valence-corrected chi connectivity index (χ1v) is 6.54. The number of nitrogens with zero attached hydrogens (tertiary/aromatic N) is 2. The molecule has 2 aromatic rings. The molecule has 1 aromatic carbocycles. The van der Waals surface area contributed by atoms with Gasteiger partial charge in [-0.1, -0.05) is 6.92 Å². The molecule has 0 spiro atoms. The monoisotopic (exact) mass is 259 g/mol. The second-order valence-corrected chi connectivity index (χ2v) is 5.13. The first-order valence-electron chi connectivity index (χ1n) is 6.54. The van der Waals surface area contributed by atoms with E-state index in [2.05, 4.69) is 49.2 Å². The minimum atomic E-state index is 0.412. The zero-order valence-electron chi connectivity index (χ0n) is 12.2. The van der Waals surface area contributed by atoms with Crippen molar-refractivity contribution in [3.05, 3.63) is 40.2 Å². The van der Waals surface area contributed by atoms with Gasteiger partial charge in [0.2, 0.25) is 0 Å². The average molecular weight is 259 g/mol. The zero-order chi connectivity index (χ0) is 14.0. The lowest BCUT2D eigenvalue weighted by molar-refractivity contribution is 0.410. The van der Waals surface area contributed by atoms with Crippen LogP contribution in [0.25, 0.3) is 0 Å². The van der Waals surface area contributed by atoms with Crippen LogP contribution in [0.4, 0.5) is 0 Å². The second-order valence-electron chi connectivity index (χ2n) is 5.13. The van der Waals surface area contributed by atoms with E-state index in [1.54, 1.807) is 13.3 Å². The Hall–Kier alpha value is -1.84. The number of H-pyrrole nitrogens is 1. The molecule has 2 rings (SSSR count). The molecule has 1 aromatic heterocycles. The molecule has 0 saturated carbocycles. The molecule has 0 aliphatic heterocycles. The van der Waals surface area contributed by atoms with Gasteiger partial charge in [0.05, 0.1) is 19.0 Å². The third-order valence-electron chi connectivity index (χ3n) is 3.80. The average Bonchev–Trinajstić information content (AvgIpc) is 2.86. The molecule has 1 heterocycles. The summed E-state index contributed by atoms with van der Waals surface area (Å²) in [6, 6.07) is 2.12. The van der Waals surface area contributed by atoms with Crippen LogP contribution in [0, 0.1) is 20.8 Å². The van der Waals surface area contributed by atoms with Crippen LogP contribution in [0.2, 0.25) is 0 Å². The molecule has 1 unspecified atom stereocenters. The Morgan fingerprint density at radius 3 is 2.58 bits per heavy atom. The molecule has 0 aliphatic rings. The van der Waals surface area contributed by atoms with Crippen molar-refractivity contribution in [3.63, 3.8) is 0 Å². The van der Waals surface area contributed by atoms with E-state index in [0.717, 1.165) is 17.9 Å². The van der Waals surface area contributed by atoms with Crippen LogP contribution in [0.3, 0.4) is 0 Å². The minimum absolute atomic E-state index is 0.412. The lowest BCUT2D eigenvalue weighted by atomic mass is 9.86. The molecule has 4 nitrogen and oxygen atoms in total. The number of benzene rings is 1. The summed E-state index contributed by atoms with van der Waals surface area (Å²) >= 11 is 0. The second kappa shape index (κ2) is 5.43. The number of nitrogens with one attached hydrogen (secondary N) is 1. The number of methoxy groups -OCH3 is 1. The topological polar surface area (TPSA) is 50.8 Å². The normalized spacial score (nSPS) is 12.5. The number of rotatable bonds is 4. The Bertz CT molecular complexity index is 561. The third-order valence-corrected chi connectivity index (χ3v) is 3.80. The number of aromatic amines is 1. The number of aryl methyl sites for hydroxylation is 1. The maximum absolute atomic E-state index is 5.42. The SMILES string of the molecule is COc1cc(C)c(C(C)Cc2cn[nH]n2)c(C)c1C. The highest BCUT2D eigenvalue weighted by atomic mass is 16.5. The van der Waals surface area contributed by atoms with Gasteiger partial charge >= 0.3 is 0 Å². The predicted octanol–water partition coefficient (Wildman–Crippen LogP) is 3.08. The summed E-state index contributed by atoms with van der Waals surface area (Å²) in [5, 5.41) is 10.7. The van der Waals surface area contributed by atoms with Crippen LogP contribution in [0.15, 0.2) is 12.3 Å². The van der Waals surface area contributed by atoms with E-state index >= 15 is 0 Å². The van der Waals surface area contributed by atoms with Crippen LogP contribution in [-0.2, 0) is 6.42 Å². The fraction of sp³-hybridized carbons (Fsp3) is 0.467. The van der Waals surface area contributed by atoms with Crippen LogP contribution in [0.5, 0.6) is 5.75 Å². The first-order chi connectivity index (χ1) is 9.04. The molecule has 1 N–H and O–H groups in total. The fourth-order valence-corrected chi connectivity index (χ4v) is 2.77. The van der Waals surface area contributed by atoms with Crippen molar-refractivity contribution >= 4 is 0 Å². The summed E-state index contributed by atoms with van der Waals surface area (Å²) in [5.74, 6) is 1.38. The molecule has 19 heavy (non-hydrogen) atoms. The molecular weight excluding hydrogens is 238 g/mol. The van der Waals surface area contributed by atoms with Crippen LogP contribution in [-0.4, -0.2) is 22.5 Å². The molecule has 0 bridgehead atoms. The Morgan fingerprint density at radius 1 is 1.26 bits per heavy atom. The van der Waals surface area contributed by atoms with E-state index in [9.17, 15) is 0 Å². The Morgan fingerprint density at radius 2 is 2.00 bits per heavy atom. The molecular formula is C15H21N3O. The van der Waals surface area contributed by atoms with E-state index < -0.39 is 0 Å². The van der Waals surface area contributed by atoms with E-state index in [0.29, 0.717) is 5.92 Å². The van der Waals surface area contributed by atoms with Gasteiger partial charge in [0.15, 0.2) is 0 Å². The first kappa shape index (κ1) is 13.6. The molecule has 1 atom stereocenters. The van der Waals surface area contributed by atoms with E-state index in [-0.39, 0.29) is 0 Å². The van der Waals surface area contributed by atoms with Crippen molar-refractivity contribution in [3.8, 4) is 5.75 Å². The van der Waals surface area contributed by atoms with Crippen molar-refractivity contribution in [2.24, 2.45) is 0 Å². The highest BCUT2D eigenvalue weighted by Gasteiger charge is 2.17. The van der Waals surface area contributed by atoms with Gasteiger partial charge in [0.25, 0.3) is 0 Å². The van der Waals surface area contributed by atoms with Crippen molar-refractivity contribution in [1.29, 1.82) is 0 Å². The van der Waals surface area contributed by atoms with Crippen molar-refractivity contribution in [2.45, 2.75) is 40.0 Å². The number of ether oxygens (including phenoxy) is 1. The van der Waals surface area contributed by atoms with Gasteiger partial charge in [-0.25, -0.2) is 0 Å². The smallest absolute Gasteiger partial charge is 0.122 e. The van der Waals surface area contributed by atoms with Crippen LogP contribution in [0.1, 0.15) is 40.8 Å². The Balaban J connectivity index is 2.36. The summed E-state index contributed by atoms with van der Waals surface area (Å²) in [6.07, 6.45) is 2.68. The van der Waals surface area contributed by atoms with Crippen LogP contribution < -0.4 is 4.74 Å². The number of hydrogen-bond donors (Lipinski definition) is 1. The summed E-state index contributed by atoms with van der Waals surface area (Å²) in [7, 11) is 1.72. The van der Waals surface area contributed by atoms with Gasteiger partial charge < -0.3 is 4.74 Å². The summed E-state index contributed by atoms with van der Waals surface area (Å²) < 4.78 is 5.42. The summed E-state index contributed by atoms with van der Waals surface area (Å²) in [6.45, 7) is 8.65. The van der Waals surface area contributed by atoms with Gasteiger partial charge in [0, 0.05) is 0 Å². The molecule has 0 fully saturated rings. The molecule has 0 aliphatic carbocycles. The molecule has 0 radical (unpaired) electrons. The highest BCUT2D eigenvalue weighted by Crippen LogP contribution is 2.33. The zero-order valence-corrected chi connectivity index (χ0v) is 12.2. The number of hydrogen-bond acceptors (Lipinski definition) is 3. The fourth-order valence-electron chi connectivity index (χ4n) is 2.77. The van der Waals surface area contributed by atoms with Crippen molar-refractivity contribution < 1.29 is 4.74 Å². The maximum Gasteiger partial charge on any atom is 0.122 e. The standard InChI is InChI=1S/C15H21N3O/c1-9(6-13-8-16-18-17-13)15-10(2)7-14(19-5)11(3)12(15)4/h7-9H,6H2,1-5H3,(H,16,17,18). The van der Waals surface area contributed by atoms with Gasteiger partial charge in [-0.05, 0) is 61.4 Å². The number of aromatic nitrogens is 3. The van der Waals surface area contributed by atoms with Gasteiger partial charge in [0.1, 0.15) is 5.75 Å². The van der Waals surface area contributed by atoms with Crippen molar-refractivity contribution in [2.75, 3.05) is 7.11 Å². The molecule has 4 heteroatoms. The molecule has 0 saturated heterocycles. The lowest BCUT2D eigenvalue weighted by Gasteiger charge is -2.20. The highest BCUT2D eigenvalue weighted by molar-refractivity contribution is 5.49. The van der Waals surface area contributed by atoms with Gasteiger partial charge in [-0.2, -0.15) is 15.4 Å². The maximum atomic E-state index is 5.42. The predicted molar refractivity (Wildman–Crippen MR) is 75.7 cm³/mol. The summed E-state index contributed by atoms with van der Waals surface area (Å²) in [4.78, 5) is 0. The van der Waals surface area contributed by atoms with Crippen molar-refractivity contribution in [1.82, 2.24) is 15.4 Å². The quantitative estimate of drug-likeness (QED) is 0.918. The van der Waals surface area contributed by atoms with Gasteiger partial charge in [-0.15, -0.1) is 0 Å². The summed E-state index contributed by atoms with van der Waals surface area (Å²) in [5.41, 5.74) is 6.19. The van der Waals surface area contributed by atoms with E-state index in [1.165, 1.54) is 22.3 Å². The molecule has 0 amide bonds. The Kier molecular flexibility index (Phi) is 3.88. The molecule has 102 valence electrons. The van der Waals surface area contributed by atoms with Gasteiger partial charge in [-0.3, -0.25) is 0 Å². The minimum Gasteiger partial charge on any atom is -0.496 e. The van der Waals surface area contributed by atoms with E-state index in [1.807, 2.05) is 0 Å². The Labute approximate surface area is 114 Å². The third kappa shape index (κ3) is 2.62. The lowest BCUT2D eigenvalue weighted by Crippen LogP contribution is -2.06. The van der Waals surface area contributed by atoms with Crippen LogP contribution >= 0.6 is 0 Å². The largest absolute Gasteiger partial charge is 0.496 e. The van der Waals surface area contributed by atoms with E-state index in [4.69, 9.17) is 4.74 Å².